The van der Waals surface area contributed by atoms with Crippen LogP contribution in [-0.4, -0.2) is 5.78 Å². The minimum Gasteiger partial charge on any atom is -0.293 e. The third-order valence-electron chi connectivity index (χ3n) is 2.36. The van der Waals surface area contributed by atoms with Gasteiger partial charge in [-0.25, -0.2) is 0 Å². The van der Waals surface area contributed by atoms with Crippen molar-refractivity contribution in [1.82, 2.24) is 0 Å². The molecule has 0 fully saturated rings. The Hall–Kier alpha value is -1.10. The van der Waals surface area contributed by atoms with E-state index in [0.717, 1.165) is 6.42 Å². The van der Waals surface area contributed by atoms with Gasteiger partial charge in [0.05, 0.1) is 5.57 Å². The molecule has 0 aliphatic heterocycles. The highest BCUT2D eigenvalue weighted by atomic mass is 16.1. The summed E-state index contributed by atoms with van der Waals surface area (Å²) in [6.07, 6.45) is 2.49. The Kier molecular flexibility index (Phi) is 4.56. The lowest BCUT2D eigenvalue weighted by molar-refractivity contribution is -0.123. The number of nitrogens with zero attached hydrogens (tertiary/aromatic N) is 1. The lowest BCUT2D eigenvalue weighted by atomic mass is 9.81. The van der Waals surface area contributed by atoms with Gasteiger partial charge in [-0.1, -0.05) is 40.7 Å². The Morgan fingerprint density at radius 3 is 2.29 bits per heavy atom. The monoisotopic (exact) mass is 193 g/mol. The average Bonchev–Trinajstić information content (AvgIpc) is 2.12. The van der Waals surface area contributed by atoms with E-state index in [1.807, 2.05) is 40.7 Å². The van der Waals surface area contributed by atoms with E-state index in [2.05, 4.69) is 0 Å². The molecule has 0 bridgehead atoms. The molecule has 14 heavy (non-hydrogen) atoms. The van der Waals surface area contributed by atoms with Crippen molar-refractivity contribution in [3.63, 3.8) is 0 Å². The summed E-state index contributed by atoms with van der Waals surface area (Å²) in [5, 5.41) is 8.87. The van der Waals surface area contributed by atoms with Gasteiger partial charge in [-0.05, 0) is 12.3 Å². The molecule has 0 unspecified atom stereocenters. The van der Waals surface area contributed by atoms with E-state index in [0.29, 0.717) is 5.57 Å². The Balaban J connectivity index is 4.93. The Morgan fingerprint density at radius 1 is 1.50 bits per heavy atom. The number of carbonyl (C=O) groups is 1. The van der Waals surface area contributed by atoms with Gasteiger partial charge in [-0.15, -0.1) is 0 Å². The molecule has 0 spiro atoms. The van der Waals surface area contributed by atoms with Crippen LogP contribution in [-0.2, 0) is 4.79 Å². The average molecular weight is 193 g/mol. The van der Waals surface area contributed by atoms with Crippen molar-refractivity contribution in [2.75, 3.05) is 0 Å². The van der Waals surface area contributed by atoms with Crippen LogP contribution >= 0.6 is 0 Å². The lowest BCUT2D eigenvalue weighted by Gasteiger charge is -2.20. The standard InChI is InChI=1S/C12H19NO/c1-6-12(4,5)11(14)10(8-13)7-9(2)3/h7,9H,6H2,1-5H3/b10-7+. The Morgan fingerprint density at radius 2 is 2.00 bits per heavy atom. The van der Waals surface area contributed by atoms with Crippen LogP contribution in [0.1, 0.15) is 41.0 Å². The molecule has 0 aromatic rings. The Bertz CT molecular complexity index is 279. The summed E-state index contributed by atoms with van der Waals surface area (Å²) in [6, 6.07) is 1.99. The molecule has 2 heteroatoms. The highest BCUT2D eigenvalue weighted by Gasteiger charge is 2.28. The van der Waals surface area contributed by atoms with Crippen molar-refractivity contribution in [3.05, 3.63) is 11.6 Å². The van der Waals surface area contributed by atoms with Crippen molar-refractivity contribution < 1.29 is 4.79 Å². The molecule has 0 heterocycles. The van der Waals surface area contributed by atoms with E-state index in [1.165, 1.54) is 0 Å². The van der Waals surface area contributed by atoms with Gasteiger partial charge < -0.3 is 0 Å². The van der Waals surface area contributed by atoms with Crippen molar-refractivity contribution >= 4 is 5.78 Å². The molecule has 0 aliphatic rings. The fourth-order valence-electron chi connectivity index (χ4n) is 1.02. The summed E-state index contributed by atoms with van der Waals surface area (Å²) in [6.45, 7) is 9.64. The molecule has 0 saturated heterocycles. The molecule has 0 aromatic heterocycles. The van der Waals surface area contributed by atoms with Crippen LogP contribution in [0, 0.1) is 22.7 Å². The summed E-state index contributed by atoms with van der Waals surface area (Å²) >= 11 is 0. The first kappa shape index (κ1) is 12.9. The summed E-state index contributed by atoms with van der Waals surface area (Å²) < 4.78 is 0. The minimum atomic E-state index is -0.420. The highest BCUT2D eigenvalue weighted by Crippen LogP contribution is 2.25. The summed E-state index contributed by atoms with van der Waals surface area (Å²) in [5.41, 5.74) is -0.122. The van der Waals surface area contributed by atoms with Gasteiger partial charge >= 0.3 is 0 Å². The SMILES string of the molecule is CCC(C)(C)C(=O)/C(C#N)=C/C(C)C. The van der Waals surface area contributed by atoms with Crippen molar-refractivity contribution in [2.24, 2.45) is 11.3 Å². The largest absolute Gasteiger partial charge is 0.293 e. The van der Waals surface area contributed by atoms with Gasteiger partial charge in [-0.2, -0.15) is 5.26 Å². The fraction of sp³-hybridized carbons (Fsp3) is 0.667. The van der Waals surface area contributed by atoms with Crippen LogP contribution in [0.4, 0.5) is 0 Å². The number of hydrogen-bond donors (Lipinski definition) is 0. The molecule has 0 N–H and O–H groups in total. The zero-order chi connectivity index (χ0) is 11.4. The second-order valence-electron chi connectivity index (χ2n) is 4.50. The molecule has 78 valence electrons. The number of allylic oxidation sites excluding steroid dienone is 2. The second kappa shape index (κ2) is 4.95. The number of Topliss-reactive ketones (excluding diaryl/α,β-unsaturated/α-hetero) is 1. The Labute approximate surface area is 86.6 Å². The molecule has 0 aromatic carbocycles. The molecule has 0 atom stereocenters. The second-order valence-corrected chi connectivity index (χ2v) is 4.50. The van der Waals surface area contributed by atoms with Crippen LogP contribution in [0.15, 0.2) is 11.6 Å². The maximum absolute atomic E-state index is 11.9. The number of rotatable bonds is 4. The fourth-order valence-corrected chi connectivity index (χ4v) is 1.02. The van der Waals surface area contributed by atoms with E-state index >= 15 is 0 Å². The van der Waals surface area contributed by atoms with Crippen molar-refractivity contribution in [3.8, 4) is 6.07 Å². The summed E-state index contributed by atoms with van der Waals surface area (Å²) in [5.74, 6) is 0.192. The van der Waals surface area contributed by atoms with Gasteiger partial charge in [0, 0.05) is 5.41 Å². The van der Waals surface area contributed by atoms with Gasteiger partial charge in [-0.3, -0.25) is 4.79 Å². The predicted octanol–water partition coefficient (Wildman–Crippen LogP) is 3.10. The van der Waals surface area contributed by atoms with Crippen LogP contribution < -0.4 is 0 Å². The molecule has 0 rings (SSSR count). The van der Waals surface area contributed by atoms with E-state index in [4.69, 9.17) is 5.26 Å². The first-order chi connectivity index (χ1) is 6.35. The molecular formula is C12H19NO. The van der Waals surface area contributed by atoms with Crippen LogP contribution in [0.25, 0.3) is 0 Å². The van der Waals surface area contributed by atoms with Gasteiger partial charge in [0.1, 0.15) is 6.07 Å². The first-order valence-corrected chi connectivity index (χ1v) is 5.02. The third-order valence-corrected chi connectivity index (χ3v) is 2.36. The zero-order valence-electron chi connectivity index (χ0n) is 9.72. The molecule has 0 saturated carbocycles. The van der Waals surface area contributed by atoms with Crippen LogP contribution in [0.2, 0.25) is 0 Å². The predicted molar refractivity (Wildman–Crippen MR) is 57.6 cm³/mol. The maximum Gasteiger partial charge on any atom is 0.178 e. The van der Waals surface area contributed by atoms with Gasteiger partial charge in [0.2, 0.25) is 0 Å². The normalized spacial score (nSPS) is 12.8. The first-order valence-electron chi connectivity index (χ1n) is 5.02. The molecule has 0 aliphatic carbocycles. The van der Waals surface area contributed by atoms with Gasteiger partial charge in [0.15, 0.2) is 5.78 Å². The van der Waals surface area contributed by atoms with Crippen molar-refractivity contribution in [2.45, 2.75) is 41.0 Å². The van der Waals surface area contributed by atoms with Gasteiger partial charge in [0.25, 0.3) is 0 Å². The lowest BCUT2D eigenvalue weighted by Crippen LogP contribution is -2.24. The summed E-state index contributed by atoms with van der Waals surface area (Å²) in [4.78, 5) is 11.9. The third kappa shape index (κ3) is 3.33. The minimum absolute atomic E-state index is 0.0452. The van der Waals surface area contributed by atoms with E-state index < -0.39 is 5.41 Å². The number of ketones is 1. The molecule has 2 nitrogen and oxygen atoms in total. The topological polar surface area (TPSA) is 40.9 Å². The van der Waals surface area contributed by atoms with Crippen LogP contribution in [0.5, 0.6) is 0 Å². The van der Waals surface area contributed by atoms with E-state index in [9.17, 15) is 4.79 Å². The number of hydrogen-bond acceptors (Lipinski definition) is 2. The van der Waals surface area contributed by atoms with Crippen LogP contribution in [0.3, 0.4) is 0 Å². The maximum atomic E-state index is 11.9. The quantitative estimate of drug-likeness (QED) is 0.508. The van der Waals surface area contributed by atoms with Crippen molar-refractivity contribution in [1.29, 1.82) is 5.26 Å². The zero-order valence-corrected chi connectivity index (χ0v) is 9.72. The molecule has 0 amide bonds. The number of nitriles is 1. The van der Waals surface area contributed by atoms with E-state index in [1.54, 1.807) is 6.08 Å². The summed E-state index contributed by atoms with van der Waals surface area (Å²) in [7, 11) is 0. The molecular weight excluding hydrogens is 174 g/mol. The highest BCUT2D eigenvalue weighted by molar-refractivity contribution is 6.02. The molecule has 0 radical (unpaired) electrons. The van der Waals surface area contributed by atoms with E-state index in [-0.39, 0.29) is 11.7 Å². The smallest absolute Gasteiger partial charge is 0.178 e. The number of carbonyl (C=O) groups excluding carboxylic acids is 1.